The van der Waals surface area contributed by atoms with Crippen molar-refractivity contribution in [2.75, 3.05) is 20.8 Å². The molecule has 0 radical (unpaired) electrons. The van der Waals surface area contributed by atoms with E-state index < -0.39 is 59.2 Å². The molecule has 0 saturated carbocycles. The zero-order chi connectivity index (χ0) is 47.4. The molecule has 65 heavy (non-hydrogen) atoms. The number of rotatable bonds is 15. The van der Waals surface area contributed by atoms with Gasteiger partial charge in [-0.1, -0.05) is 94.8 Å². The summed E-state index contributed by atoms with van der Waals surface area (Å²) in [7, 11) is 2.75. The molecular weight excluding hydrogens is 825 g/mol. The second-order valence-electron chi connectivity index (χ2n) is 17.8. The van der Waals surface area contributed by atoms with E-state index in [2.05, 4.69) is 36.5 Å². The van der Waals surface area contributed by atoms with Crippen molar-refractivity contribution in [3.63, 3.8) is 0 Å². The molecule has 12 heteroatoms. The van der Waals surface area contributed by atoms with Crippen LogP contribution < -0.4 is 14.8 Å². The third kappa shape index (κ3) is 13.1. The minimum atomic E-state index is -1.22. The fourth-order valence-electron chi connectivity index (χ4n) is 7.90. The van der Waals surface area contributed by atoms with Crippen LogP contribution in [-0.2, 0) is 41.5 Å². The van der Waals surface area contributed by atoms with E-state index in [9.17, 15) is 28.8 Å². The number of fused-ring (bicyclic) bond motifs is 5. The number of carbonyl (C=O) groups excluding carboxylic acids is 6. The molecule has 0 saturated heterocycles. The van der Waals surface area contributed by atoms with Crippen LogP contribution in [0.25, 0.3) is 22.3 Å². The van der Waals surface area contributed by atoms with E-state index >= 15 is 0 Å². The predicted octanol–water partition coefficient (Wildman–Crippen LogP) is 10.1. The van der Waals surface area contributed by atoms with Crippen LogP contribution >= 0.6 is 0 Å². The number of unbranched alkanes of at least 4 members (excludes halogenated alkanes) is 1. The molecule has 4 atom stereocenters. The lowest BCUT2D eigenvalue weighted by atomic mass is 9.88. The van der Waals surface area contributed by atoms with Gasteiger partial charge in [0, 0.05) is 54.8 Å². The molecule has 12 nitrogen and oxygen atoms in total. The quantitative estimate of drug-likeness (QED) is 0.0693. The first-order valence-electron chi connectivity index (χ1n) is 22.7. The number of benzene rings is 4. The minimum absolute atomic E-state index is 0.0117. The van der Waals surface area contributed by atoms with Gasteiger partial charge in [0.25, 0.3) is 0 Å². The number of nitrogens with one attached hydrogen (secondary N) is 1. The Bertz CT molecular complexity index is 2330. The van der Waals surface area contributed by atoms with Crippen molar-refractivity contribution in [3.05, 3.63) is 107 Å². The van der Waals surface area contributed by atoms with Gasteiger partial charge in [0.15, 0.2) is 11.6 Å². The zero-order valence-electron chi connectivity index (χ0n) is 39.3. The first kappa shape index (κ1) is 49.7. The molecule has 1 heterocycles. The fraction of sp³-hybridized carbons (Fsp3) is 0.434. The molecule has 0 fully saturated rings. The summed E-state index contributed by atoms with van der Waals surface area (Å²) in [6.07, 6.45) is 2.97. The number of ketones is 2. The fourth-order valence-corrected chi connectivity index (χ4v) is 7.90. The number of esters is 1. The number of hydrogen-bond donors (Lipinski definition) is 1. The highest BCUT2D eigenvalue weighted by atomic mass is 16.7. The topological polar surface area (TPSA) is 155 Å². The Morgan fingerprint density at radius 2 is 1.46 bits per heavy atom. The Morgan fingerprint density at radius 1 is 0.815 bits per heavy atom. The maximum Gasteiger partial charge on any atom is 0.514 e. The van der Waals surface area contributed by atoms with Crippen LogP contribution in [0.15, 0.2) is 84.9 Å². The van der Waals surface area contributed by atoms with Gasteiger partial charge in [-0.2, -0.15) is 0 Å². The Labute approximate surface area is 383 Å². The Morgan fingerprint density at radius 3 is 2.08 bits per heavy atom. The molecule has 2 amide bonds. The zero-order valence-corrected chi connectivity index (χ0v) is 39.3. The normalized spacial score (nSPS) is 16.9. The molecule has 0 unspecified atom stereocenters. The van der Waals surface area contributed by atoms with Crippen LogP contribution in [0.2, 0.25) is 0 Å². The molecule has 0 spiro atoms. The Balaban J connectivity index is 1.54. The Hall–Kier alpha value is -6.30. The van der Waals surface area contributed by atoms with Gasteiger partial charge in [-0.3, -0.25) is 19.2 Å². The number of ether oxygens (including phenoxy) is 4. The monoisotopic (exact) mass is 888 g/mol. The molecule has 0 aliphatic carbocycles. The molecule has 0 aromatic heterocycles. The summed E-state index contributed by atoms with van der Waals surface area (Å²) in [5.74, 6) is -3.49. The lowest BCUT2D eigenvalue weighted by molar-refractivity contribution is -0.146. The summed E-state index contributed by atoms with van der Waals surface area (Å²) in [4.78, 5) is 84.4. The SMILES string of the molecule is CCCCc1ccc(-c2ccc(C(=O)C[C@@H](CC)C(=O)N(C)[C@@H]3C(=O)C[C@@H](C)C(=O)N[C@H](C(=O)OC)Cc4ccc(OC(=O)OC(C)(C)C)c(c4)-c4cc3ccc4OCCC)cc2)cc1. The highest BCUT2D eigenvalue weighted by Gasteiger charge is 2.36. The smallest absolute Gasteiger partial charge is 0.493 e. The van der Waals surface area contributed by atoms with Crippen molar-refractivity contribution in [2.45, 2.75) is 118 Å². The lowest BCUT2D eigenvalue weighted by Gasteiger charge is -2.32. The van der Waals surface area contributed by atoms with Gasteiger partial charge < -0.3 is 29.2 Å². The number of aryl methyl sites for hydroxylation is 1. The highest BCUT2D eigenvalue weighted by Crippen LogP contribution is 2.41. The van der Waals surface area contributed by atoms with Crippen molar-refractivity contribution in [3.8, 4) is 33.8 Å². The molecule has 4 bridgehead atoms. The van der Waals surface area contributed by atoms with Crippen LogP contribution in [0.4, 0.5) is 4.79 Å². The van der Waals surface area contributed by atoms with E-state index in [4.69, 9.17) is 18.9 Å². The first-order valence-corrected chi connectivity index (χ1v) is 22.7. The number of amides is 2. The maximum absolute atomic E-state index is 14.7. The third-order valence-electron chi connectivity index (χ3n) is 11.5. The van der Waals surface area contributed by atoms with Gasteiger partial charge in [0.1, 0.15) is 29.2 Å². The number of hydrogen-bond acceptors (Lipinski definition) is 10. The molecule has 4 aromatic carbocycles. The van der Waals surface area contributed by atoms with E-state index in [1.165, 1.54) is 24.6 Å². The molecule has 1 aliphatic heterocycles. The first-order chi connectivity index (χ1) is 31.0. The molecular formula is C53H64N2O10. The van der Waals surface area contributed by atoms with E-state index in [0.717, 1.165) is 30.4 Å². The van der Waals surface area contributed by atoms with Gasteiger partial charge in [0.2, 0.25) is 11.8 Å². The predicted molar refractivity (Wildman–Crippen MR) is 250 cm³/mol. The van der Waals surface area contributed by atoms with Crippen molar-refractivity contribution < 1.29 is 47.7 Å². The molecule has 5 rings (SSSR count). The molecule has 1 N–H and O–H groups in total. The largest absolute Gasteiger partial charge is 0.514 e. The van der Waals surface area contributed by atoms with E-state index in [1.807, 2.05) is 26.0 Å². The summed E-state index contributed by atoms with van der Waals surface area (Å²) >= 11 is 0. The van der Waals surface area contributed by atoms with Gasteiger partial charge in [-0.15, -0.1) is 0 Å². The highest BCUT2D eigenvalue weighted by molar-refractivity contribution is 6.00. The second-order valence-corrected chi connectivity index (χ2v) is 17.8. The van der Waals surface area contributed by atoms with E-state index in [0.29, 0.717) is 53.0 Å². The number of Topliss-reactive ketones (excluding diaryl/α,β-unsaturated/α-hetero) is 2. The molecule has 4 aromatic rings. The summed E-state index contributed by atoms with van der Waals surface area (Å²) in [6.45, 7) is 13.0. The third-order valence-corrected chi connectivity index (χ3v) is 11.5. The van der Waals surface area contributed by atoms with Gasteiger partial charge >= 0.3 is 12.1 Å². The lowest BCUT2D eigenvalue weighted by Crippen LogP contribution is -2.46. The summed E-state index contributed by atoms with van der Waals surface area (Å²) in [5, 5.41) is 2.76. The number of nitrogens with zero attached hydrogens (tertiary/aromatic N) is 1. The van der Waals surface area contributed by atoms with E-state index in [1.54, 1.807) is 76.2 Å². The van der Waals surface area contributed by atoms with Crippen molar-refractivity contribution in [1.82, 2.24) is 10.2 Å². The summed E-state index contributed by atoms with van der Waals surface area (Å²) < 4.78 is 22.6. The molecule has 1 aliphatic rings. The maximum atomic E-state index is 14.7. The average Bonchev–Trinajstić information content (AvgIpc) is 3.28. The second kappa shape index (κ2) is 22.5. The van der Waals surface area contributed by atoms with Crippen LogP contribution in [-0.4, -0.2) is 72.8 Å². The van der Waals surface area contributed by atoms with Crippen LogP contribution in [0.1, 0.15) is 120 Å². The number of likely N-dealkylation sites (N-methyl/N-ethyl adjacent to an activating group) is 1. The van der Waals surface area contributed by atoms with Crippen LogP contribution in [0, 0.1) is 11.8 Å². The number of carbonyl (C=O) groups is 6. The number of methoxy groups -OCH3 is 1. The average molecular weight is 889 g/mol. The van der Waals surface area contributed by atoms with Gasteiger partial charge in [-0.05, 0) is 98.5 Å². The van der Waals surface area contributed by atoms with E-state index in [-0.39, 0.29) is 30.8 Å². The summed E-state index contributed by atoms with van der Waals surface area (Å²) in [6, 6.07) is 23.6. The van der Waals surface area contributed by atoms with Crippen molar-refractivity contribution in [2.24, 2.45) is 11.8 Å². The van der Waals surface area contributed by atoms with Gasteiger partial charge in [0.05, 0.1) is 13.7 Å². The molecule has 346 valence electrons. The Kier molecular flexibility index (Phi) is 17.2. The van der Waals surface area contributed by atoms with Crippen molar-refractivity contribution in [1.29, 1.82) is 0 Å². The van der Waals surface area contributed by atoms with Crippen molar-refractivity contribution >= 4 is 35.5 Å². The summed E-state index contributed by atoms with van der Waals surface area (Å²) in [5.41, 5.74) is 4.72. The minimum Gasteiger partial charge on any atom is -0.493 e. The standard InChI is InChI=1S/C53H64N2O10/c1-10-13-14-34-15-18-37(19-16-34)38-20-22-39(23-21-38)44(56)32-36(12-3)50(59)55(8)48-40-24-26-46(63-27-11-2)42(31-40)41-29-35(17-25-47(41)64-52(61)65-53(5,6)7)30-43(51(60)62-9)54-49(58)33(4)28-45(48)57/h15-26,29,31,33,36,43,48H,10-14,27-28,30,32H2,1-9H3,(H,54,58)/t33-,36-,43+,48+/m1/s1. The van der Waals surface area contributed by atoms with Gasteiger partial charge in [-0.25, -0.2) is 9.59 Å². The van der Waals surface area contributed by atoms with Crippen LogP contribution in [0.3, 0.4) is 0 Å². The van der Waals surface area contributed by atoms with Crippen LogP contribution in [0.5, 0.6) is 11.5 Å².